The lowest BCUT2D eigenvalue weighted by Gasteiger charge is -2.18. The van der Waals surface area contributed by atoms with E-state index >= 15 is 0 Å². The number of aliphatic hydroxyl groups excluding tert-OH is 1. The van der Waals surface area contributed by atoms with E-state index in [1.807, 2.05) is 6.92 Å². The highest BCUT2D eigenvalue weighted by Gasteiger charge is 2.27. The fourth-order valence-electron chi connectivity index (χ4n) is 2.21. The van der Waals surface area contributed by atoms with Crippen LogP contribution in [0.4, 0.5) is 8.78 Å². The van der Waals surface area contributed by atoms with Crippen LogP contribution in [-0.2, 0) is 0 Å². The quantitative estimate of drug-likeness (QED) is 0.726. The van der Waals surface area contributed by atoms with Gasteiger partial charge in [-0.1, -0.05) is 13.3 Å². The summed E-state index contributed by atoms with van der Waals surface area (Å²) in [7, 11) is 0. The van der Waals surface area contributed by atoms with Crippen LogP contribution in [0.5, 0.6) is 0 Å². The van der Waals surface area contributed by atoms with E-state index in [1.54, 1.807) is 0 Å². The molecule has 1 saturated carbocycles. The molecule has 1 aliphatic rings. The first-order valence-corrected chi connectivity index (χ1v) is 5.05. The lowest BCUT2D eigenvalue weighted by atomic mass is 9.91. The standard InChI is InChI=1S/C10H18F2O/c1-7(6-10(11)12)5-8-3-2-4-9(8)13/h7-10,13H,2-6H2,1H3/t7?,8-,9+/m0/s1. The molecule has 1 fully saturated rings. The van der Waals surface area contributed by atoms with Crippen LogP contribution in [0, 0.1) is 11.8 Å². The van der Waals surface area contributed by atoms with Gasteiger partial charge in [-0.25, -0.2) is 8.78 Å². The monoisotopic (exact) mass is 192 g/mol. The first-order valence-electron chi connectivity index (χ1n) is 5.05. The molecule has 3 heteroatoms. The van der Waals surface area contributed by atoms with Crippen LogP contribution in [-0.4, -0.2) is 17.6 Å². The highest BCUT2D eigenvalue weighted by atomic mass is 19.3. The maximum absolute atomic E-state index is 12.0. The van der Waals surface area contributed by atoms with Gasteiger partial charge >= 0.3 is 0 Å². The molecule has 1 N–H and O–H groups in total. The Hall–Kier alpha value is -0.180. The second kappa shape index (κ2) is 4.89. The van der Waals surface area contributed by atoms with Crippen molar-refractivity contribution in [2.75, 3.05) is 0 Å². The minimum absolute atomic E-state index is 0.0246. The molecule has 13 heavy (non-hydrogen) atoms. The van der Waals surface area contributed by atoms with Crippen molar-refractivity contribution in [2.45, 2.75) is 51.6 Å². The van der Waals surface area contributed by atoms with E-state index in [1.165, 1.54) is 0 Å². The van der Waals surface area contributed by atoms with Gasteiger partial charge < -0.3 is 5.11 Å². The molecule has 0 bridgehead atoms. The minimum Gasteiger partial charge on any atom is -0.393 e. The number of hydrogen-bond acceptors (Lipinski definition) is 1. The summed E-state index contributed by atoms with van der Waals surface area (Å²) in [6.07, 6.45) is 1.21. The smallest absolute Gasteiger partial charge is 0.238 e. The molecule has 1 nitrogen and oxygen atoms in total. The van der Waals surface area contributed by atoms with Crippen LogP contribution >= 0.6 is 0 Å². The molecule has 0 aromatic carbocycles. The highest BCUT2D eigenvalue weighted by molar-refractivity contribution is 4.78. The SMILES string of the molecule is CC(CC(F)F)C[C@@H]1CCC[C@H]1O. The molecule has 0 heterocycles. The molecule has 3 atom stereocenters. The maximum atomic E-state index is 12.0. The zero-order valence-electron chi connectivity index (χ0n) is 8.05. The molecular weight excluding hydrogens is 174 g/mol. The van der Waals surface area contributed by atoms with E-state index in [9.17, 15) is 13.9 Å². The molecule has 0 aliphatic heterocycles. The first-order chi connectivity index (χ1) is 6.09. The molecule has 0 aromatic rings. The summed E-state index contributed by atoms with van der Waals surface area (Å²) in [6, 6.07) is 0. The van der Waals surface area contributed by atoms with Gasteiger partial charge in [0.1, 0.15) is 0 Å². The lowest BCUT2D eigenvalue weighted by Crippen LogP contribution is -2.17. The van der Waals surface area contributed by atoms with Gasteiger partial charge in [-0.2, -0.15) is 0 Å². The summed E-state index contributed by atoms with van der Waals surface area (Å²) in [5.41, 5.74) is 0. The Bertz CT molecular complexity index is 150. The van der Waals surface area contributed by atoms with E-state index in [0.29, 0.717) is 0 Å². The van der Waals surface area contributed by atoms with Crippen LogP contribution in [0.15, 0.2) is 0 Å². The lowest BCUT2D eigenvalue weighted by molar-refractivity contribution is 0.0884. The molecule has 0 saturated heterocycles. The normalized spacial score (nSPS) is 31.2. The van der Waals surface area contributed by atoms with Crippen LogP contribution in [0.1, 0.15) is 39.0 Å². The number of aliphatic hydroxyl groups is 1. The van der Waals surface area contributed by atoms with Gasteiger partial charge in [-0.05, 0) is 31.1 Å². The van der Waals surface area contributed by atoms with Gasteiger partial charge in [0, 0.05) is 6.42 Å². The number of alkyl halides is 2. The van der Waals surface area contributed by atoms with Gasteiger partial charge in [0.05, 0.1) is 6.10 Å². The van der Waals surface area contributed by atoms with Crippen LogP contribution in [0.25, 0.3) is 0 Å². The summed E-state index contributed by atoms with van der Waals surface area (Å²) in [4.78, 5) is 0. The van der Waals surface area contributed by atoms with Gasteiger partial charge in [-0.3, -0.25) is 0 Å². The summed E-state index contributed by atoms with van der Waals surface area (Å²) in [6.45, 7) is 1.84. The fourth-order valence-corrected chi connectivity index (χ4v) is 2.21. The van der Waals surface area contributed by atoms with Gasteiger partial charge in [0.25, 0.3) is 0 Å². The Kier molecular flexibility index (Phi) is 4.10. The molecule has 1 unspecified atom stereocenters. The number of rotatable bonds is 4. The minimum atomic E-state index is -2.20. The molecule has 0 aromatic heterocycles. The third-order valence-electron chi connectivity index (χ3n) is 2.90. The van der Waals surface area contributed by atoms with Crippen molar-refractivity contribution in [3.63, 3.8) is 0 Å². The Morgan fingerprint density at radius 2 is 2.08 bits per heavy atom. The molecule has 0 amide bonds. The molecule has 78 valence electrons. The third-order valence-corrected chi connectivity index (χ3v) is 2.90. The van der Waals surface area contributed by atoms with Crippen molar-refractivity contribution in [1.29, 1.82) is 0 Å². The van der Waals surface area contributed by atoms with Crippen LogP contribution < -0.4 is 0 Å². The van der Waals surface area contributed by atoms with Crippen molar-refractivity contribution < 1.29 is 13.9 Å². The van der Waals surface area contributed by atoms with Crippen LogP contribution in [0.3, 0.4) is 0 Å². The molecule has 1 aliphatic carbocycles. The van der Waals surface area contributed by atoms with Crippen molar-refractivity contribution in [3.05, 3.63) is 0 Å². The Labute approximate surface area is 78.1 Å². The van der Waals surface area contributed by atoms with Crippen LogP contribution in [0.2, 0.25) is 0 Å². The zero-order valence-corrected chi connectivity index (χ0v) is 8.05. The topological polar surface area (TPSA) is 20.2 Å². The zero-order chi connectivity index (χ0) is 9.84. The average molecular weight is 192 g/mol. The predicted octanol–water partition coefficient (Wildman–Crippen LogP) is 2.83. The third kappa shape index (κ3) is 3.59. The van der Waals surface area contributed by atoms with Crippen molar-refractivity contribution in [2.24, 2.45) is 11.8 Å². The van der Waals surface area contributed by atoms with Crippen molar-refractivity contribution in [1.82, 2.24) is 0 Å². The number of halogens is 2. The number of hydrogen-bond donors (Lipinski definition) is 1. The molecule has 1 rings (SSSR count). The second-order valence-electron chi connectivity index (χ2n) is 4.23. The van der Waals surface area contributed by atoms with E-state index < -0.39 is 6.43 Å². The summed E-state index contributed by atoms with van der Waals surface area (Å²) in [5.74, 6) is 0.312. The van der Waals surface area contributed by atoms with Crippen molar-refractivity contribution in [3.8, 4) is 0 Å². The van der Waals surface area contributed by atoms with Gasteiger partial charge in [0.15, 0.2) is 0 Å². The average Bonchev–Trinajstić information content (AvgIpc) is 2.34. The Balaban J connectivity index is 2.22. The van der Waals surface area contributed by atoms with E-state index in [2.05, 4.69) is 0 Å². The Morgan fingerprint density at radius 1 is 1.38 bits per heavy atom. The van der Waals surface area contributed by atoms with E-state index in [4.69, 9.17) is 0 Å². The summed E-state index contributed by atoms with van der Waals surface area (Å²) < 4.78 is 24.0. The second-order valence-corrected chi connectivity index (χ2v) is 4.23. The van der Waals surface area contributed by atoms with Gasteiger partial charge in [-0.15, -0.1) is 0 Å². The summed E-state index contributed by atoms with van der Waals surface area (Å²) >= 11 is 0. The first kappa shape index (κ1) is 10.9. The fraction of sp³-hybridized carbons (Fsp3) is 1.00. The molecular formula is C10H18F2O. The Morgan fingerprint density at radius 3 is 2.54 bits per heavy atom. The molecule has 0 radical (unpaired) electrons. The van der Waals surface area contributed by atoms with Gasteiger partial charge in [0.2, 0.25) is 6.43 Å². The van der Waals surface area contributed by atoms with Crippen molar-refractivity contribution >= 4 is 0 Å². The van der Waals surface area contributed by atoms with E-state index in [-0.39, 0.29) is 24.4 Å². The predicted molar refractivity (Wildman–Crippen MR) is 47.7 cm³/mol. The molecule has 0 spiro atoms. The largest absolute Gasteiger partial charge is 0.393 e. The highest BCUT2D eigenvalue weighted by Crippen LogP contribution is 2.32. The maximum Gasteiger partial charge on any atom is 0.238 e. The summed E-state index contributed by atoms with van der Waals surface area (Å²) in [5, 5.41) is 9.48. The van der Waals surface area contributed by atoms with E-state index in [0.717, 1.165) is 25.7 Å².